The summed E-state index contributed by atoms with van der Waals surface area (Å²) >= 11 is 15.1. The Hall–Kier alpha value is -0.150. The maximum Gasteiger partial charge on any atom is 0.113 e. The lowest BCUT2D eigenvalue weighted by molar-refractivity contribution is 1.40. The molecule has 2 rings (SSSR count). The molecule has 0 nitrogen and oxygen atoms in total. The Morgan fingerprint density at radius 2 is 1.87 bits per heavy atom. The van der Waals surface area contributed by atoms with Gasteiger partial charge in [0.1, 0.15) is 4.34 Å². The molecule has 0 unspecified atom stereocenters. The monoisotopic (exact) mass is 274 g/mol. The predicted octanol–water partition coefficient (Wildman–Crippen LogP) is 5.35. The fourth-order valence-corrected chi connectivity index (χ4v) is 3.61. The van der Waals surface area contributed by atoms with E-state index in [0.717, 1.165) is 10.6 Å². The summed E-state index contributed by atoms with van der Waals surface area (Å²) in [6, 6.07) is 10.3. The third-order valence-corrected chi connectivity index (χ3v) is 5.09. The fraction of sp³-hybridized carbons (Fsp3) is 0.0909. The quantitative estimate of drug-likeness (QED) is 0.681. The van der Waals surface area contributed by atoms with Crippen LogP contribution in [-0.2, 0) is 5.75 Å². The van der Waals surface area contributed by atoms with Gasteiger partial charge in [-0.1, -0.05) is 53.5 Å². The van der Waals surface area contributed by atoms with Gasteiger partial charge in [-0.15, -0.1) is 23.1 Å². The van der Waals surface area contributed by atoms with Crippen molar-refractivity contribution in [3.05, 3.63) is 50.6 Å². The number of benzene rings is 1. The molecule has 15 heavy (non-hydrogen) atoms. The fourth-order valence-electron chi connectivity index (χ4n) is 1.14. The van der Waals surface area contributed by atoms with Crippen LogP contribution in [0.25, 0.3) is 0 Å². The van der Waals surface area contributed by atoms with Crippen molar-refractivity contribution < 1.29 is 0 Å². The first-order chi connectivity index (χ1) is 7.27. The van der Waals surface area contributed by atoms with Gasteiger partial charge in [-0.2, -0.15) is 0 Å². The molecular formula is C11H8Cl2S2. The number of hydrogen-bond donors (Lipinski definition) is 0. The molecule has 0 fully saturated rings. The Labute approximate surface area is 107 Å². The number of thioether (sulfide) groups is 1. The van der Waals surface area contributed by atoms with Crippen LogP contribution in [0.4, 0.5) is 0 Å². The van der Waals surface area contributed by atoms with Crippen LogP contribution in [0.1, 0.15) is 5.56 Å². The summed E-state index contributed by atoms with van der Waals surface area (Å²) in [6.45, 7) is 0. The van der Waals surface area contributed by atoms with E-state index < -0.39 is 0 Å². The minimum absolute atomic E-state index is 0.673. The largest absolute Gasteiger partial charge is 0.129 e. The third-order valence-electron chi connectivity index (χ3n) is 1.90. The zero-order chi connectivity index (χ0) is 10.7. The molecule has 0 radical (unpaired) electrons. The van der Waals surface area contributed by atoms with Gasteiger partial charge in [0.15, 0.2) is 0 Å². The molecule has 0 aliphatic heterocycles. The van der Waals surface area contributed by atoms with Crippen LogP contribution in [0, 0.1) is 0 Å². The first kappa shape index (κ1) is 11.3. The van der Waals surface area contributed by atoms with Crippen LogP contribution >= 0.6 is 46.3 Å². The molecule has 2 aromatic rings. The lowest BCUT2D eigenvalue weighted by atomic mass is 10.2. The van der Waals surface area contributed by atoms with E-state index in [1.807, 2.05) is 23.6 Å². The van der Waals surface area contributed by atoms with E-state index in [2.05, 4.69) is 12.1 Å². The highest BCUT2D eigenvalue weighted by molar-refractivity contribution is 7.98. The maximum atomic E-state index is 6.03. The Bertz CT molecular complexity index is 437. The van der Waals surface area contributed by atoms with Crippen molar-refractivity contribution in [1.29, 1.82) is 0 Å². The molecule has 4 heteroatoms. The molecule has 0 N–H and O–H groups in total. The first-order valence-corrected chi connectivity index (χ1v) is 6.98. The summed E-state index contributed by atoms with van der Waals surface area (Å²) in [7, 11) is 0. The van der Waals surface area contributed by atoms with Crippen LogP contribution in [0.2, 0.25) is 9.36 Å². The summed E-state index contributed by atoms with van der Waals surface area (Å²) in [5.41, 5.74) is 1.29. The van der Waals surface area contributed by atoms with Gasteiger partial charge in [-0.05, 0) is 5.56 Å². The van der Waals surface area contributed by atoms with E-state index in [-0.39, 0.29) is 0 Å². The smallest absolute Gasteiger partial charge is 0.113 e. The molecule has 0 atom stereocenters. The van der Waals surface area contributed by atoms with Gasteiger partial charge >= 0.3 is 0 Å². The highest BCUT2D eigenvalue weighted by Crippen LogP contribution is 2.39. The van der Waals surface area contributed by atoms with Crippen molar-refractivity contribution in [3.8, 4) is 0 Å². The molecule has 0 aliphatic rings. The summed E-state index contributed by atoms with van der Waals surface area (Å²) in [4.78, 5) is 1.07. The molecule has 1 aromatic heterocycles. The van der Waals surface area contributed by atoms with Gasteiger partial charge < -0.3 is 0 Å². The number of hydrogen-bond acceptors (Lipinski definition) is 2. The first-order valence-electron chi connectivity index (χ1n) is 4.36. The van der Waals surface area contributed by atoms with Gasteiger partial charge in [-0.25, -0.2) is 0 Å². The molecular weight excluding hydrogens is 267 g/mol. The summed E-state index contributed by atoms with van der Waals surface area (Å²) in [5, 5.41) is 2.68. The predicted molar refractivity (Wildman–Crippen MR) is 70.3 cm³/mol. The topological polar surface area (TPSA) is 0 Å². The van der Waals surface area contributed by atoms with E-state index in [4.69, 9.17) is 23.2 Å². The van der Waals surface area contributed by atoms with E-state index in [9.17, 15) is 0 Å². The lowest BCUT2D eigenvalue weighted by Gasteiger charge is -1.99. The van der Waals surface area contributed by atoms with Gasteiger partial charge in [0, 0.05) is 16.0 Å². The molecule has 78 valence electrons. The van der Waals surface area contributed by atoms with Crippen molar-refractivity contribution in [3.63, 3.8) is 0 Å². The van der Waals surface area contributed by atoms with Crippen LogP contribution in [0.3, 0.4) is 0 Å². The van der Waals surface area contributed by atoms with Crippen molar-refractivity contribution in [1.82, 2.24) is 0 Å². The van der Waals surface area contributed by atoms with E-state index in [0.29, 0.717) is 9.36 Å². The average molecular weight is 275 g/mol. The summed E-state index contributed by atoms with van der Waals surface area (Å²) < 4.78 is 0.673. The molecule has 0 saturated heterocycles. The van der Waals surface area contributed by atoms with Crippen molar-refractivity contribution in [2.24, 2.45) is 0 Å². The van der Waals surface area contributed by atoms with Gasteiger partial charge in [0.25, 0.3) is 0 Å². The Morgan fingerprint density at radius 3 is 2.47 bits per heavy atom. The maximum absolute atomic E-state index is 6.03. The minimum atomic E-state index is 0.673. The molecule has 0 aliphatic carbocycles. The van der Waals surface area contributed by atoms with Gasteiger partial charge in [0.2, 0.25) is 0 Å². The number of thiophene rings is 1. The van der Waals surface area contributed by atoms with Crippen molar-refractivity contribution in [2.75, 3.05) is 0 Å². The van der Waals surface area contributed by atoms with Crippen LogP contribution in [0.5, 0.6) is 0 Å². The molecule has 0 bridgehead atoms. The van der Waals surface area contributed by atoms with E-state index in [1.165, 1.54) is 16.9 Å². The van der Waals surface area contributed by atoms with Crippen molar-refractivity contribution in [2.45, 2.75) is 10.6 Å². The van der Waals surface area contributed by atoms with Crippen LogP contribution in [0.15, 0.2) is 40.6 Å². The molecule has 0 spiro atoms. The Balaban J connectivity index is 2.02. The van der Waals surface area contributed by atoms with Crippen LogP contribution in [-0.4, -0.2) is 0 Å². The standard InChI is InChI=1S/C11H8Cl2S2/c12-10-9(7-15-11(10)13)14-6-8-4-2-1-3-5-8/h1-5,7H,6H2. The molecule has 1 aromatic carbocycles. The zero-order valence-electron chi connectivity index (χ0n) is 7.74. The summed E-state index contributed by atoms with van der Waals surface area (Å²) in [6.07, 6.45) is 0. The average Bonchev–Trinajstić information content (AvgIpc) is 2.59. The second-order valence-corrected chi connectivity index (χ2v) is 5.84. The normalized spacial score (nSPS) is 10.5. The summed E-state index contributed by atoms with van der Waals surface area (Å²) in [5.74, 6) is 0.924. The second-order valence-electron chi connectivity index (χ2n) is 2.96. The minimum Gasteiger partial charge on any atom is -0.129 e. The second kappa shape index (κ2) is 5.26. The highest BCUT2D eigenvalue weighted by Gasteiger charge is 2.07. The Morgan fingerprint density at radius 1 is 1.13 bits per heavy atom. The lowest BCUT2D eigenvalue weighted by Crippen LogP contribution is -1.77. The molecule has 0 saturated carbocycles. The van der Waals surface area contributed by atoms with Gasteiger partial charge in [0.05, 0.1) is 5.02 Å². The van der Waals surface area contributed by atoms with Gasteiger partial charge in [-0.3, -0.25) is 0 Å². The van der Waals surface area contributed by atoms with Crippen LogP contribution < -0.4 is 0 Å². The third kappa shape index (κ3) is 2.91. The SMILES string of the molecule is Clc1scc(SCc2ccccc2)c1Cl. The number of halogens is 2. The zero-order valence-corrected chi connectivity index (χ0v) is 10.9. The van der Waals surface area contributed by atoms with E-state index in [1.54, 1.807) is 11.8 Å². The van der Waals surface area contributed by atoms with E-state index >= 15 is 0 Å². The highest BCUT2D eigenvalue weighted by atomic mass is 35.5. The molecule has 1 heterocycles. The van der Waals surface area contributed by atoms with Crippen molar-refractivity contribution >= 4 is 46.3 Å². The number of rotatable bonds is 3. The molecule has 0 amide bonds. The Kier molecular flexibility index (Phi) is 3.98.